The van der Waals surface area contributed by atoms with Crippen LogP contribution in [0.25, 0.3) is 0 Å². The fourth-order valence-electron chi connectivity index (χ4n) is 2.00. The van der Waals surface area contributed by atoms with E-state index in [1.807, 2.05) is 30.3 Å². The van der Waals surface area contributed by atoms with Crippen molar-refractivity contribution in [3.05, 3.63) is 64.1 Å². The van der Waals surface area contributed by atoms with E-state index in [-0.39, 0.29) is 22.2 Å². The van der Waals surface area contributed by atoms with Crippen LogP contribution in [0.15, 0.2) is 52.9 Å². The van der Waals surface area contributed by atoms with Crippen LogP contribution < -0.4 is 10.6 Å². The number of hydrogen-bond donors (Lipinski definition) is 2. The minimum atomic E-state index is -0.411. The third-order valence-electron chi connectivity index (χ3n) is 3.19. The molecule has 0 saturated carbocycles. The first kappa shape index (κ1) is 19.6. The monoisotopic (exact) mass is 438 g/mol. The predicted molar refractivity (Wildman–Crippen MR) is 110 cm³/mol. The van der Waals surface area contributed by atoms with Crippen molar-refractivity contribution in [3.8, 4) is 0 Å². The maximum Gasteiger partial charge on any atom is 0.259 e. The quantitative estimate of drug-likeness (QED) is 0.425. The Morgan fingerprint density at radius 2 is 1.81 bits per heavy atom. The fraction of sp³-hybridized carbons (Fsp3) is 0.0588. The molecule has 27 heavy (non-hydrogen) atoms. The molecule has 3 rings (SSSR count). The number of amides is 2. The summed E-state index contributed by atoms with van der Waals surface area (Å²) in [7, 11) is 0. The summed E-state index contributed by atoms with van der Waals surface area (Å²) in [6.07, 6.45) is 0. The molecule has 0 spiro atoms. The molecule has 0 atom stereocenters. The van der Waals surface area contributed by atoms with E-state index in [4.69, 9.17) is 23.2 Å². The van der Waals surface area contributed by atoms with Gasteiger partial charge in [0.2, 0.25) is 11.0 Å². The Balaban J connectivity index is 1.53. The summed E-state index contributed by atoms with van der Waals surface area (Å²) in [5.74, 6) is -0.383. The number of hydrogen-bond acceptors (Lipinski definition) is 6. The second-order valence-corrected chi connectivity index (χ2v) is 8.20. The van der Waals surface area contributed by atoms with Crippen molar-refractivity contribution in [1.29, 1.82) is 0 Å². The molecule has 3 aromatic rings. The molecule has 0 aliphatic rings. The van der Waals surface area contributed by atoms with Gasteiger partial charge in [0.25, 0.3) is 5.91 Å². The third-order valence-corrected chi connectivity index (χ3v) is 5.71. The molecule has 0 fully saturated rings. The lowest BCUT2D eigenvalue weighted by molar-refractivity contribution is -0.113. The zero-order chi connectivity index (χ0) is 19.2. The smallest absolute Gasteiger partial charge is 0.259 e. The van der Waals surface area contributed by atoms with Crippen LogP contribution >= 0.6 is 46.3 Å². The van der Waals surface area contributed by atoms with E-state index in [1.165, 1.54) is 35.2 Å². The van der Waals surface area contributed by atoms with Gasteiger partial charge >= 0.3 is 0 Å². The van der Waals surface area contributed by atoms with Gasteiger partial charge in [0.1, 0.15) is 0 Å². The molecule has 1 heterocycles. The van der Waals surface area contributed by atoms with E-state index in [0.29, 0.717) is 14.5 Å². The predicted octanol–water partition coefficient (Wildman–Crippen LogP) is 4.83. The van der Waals surface area contributed by atoms with Crippen molar-refractivity contribution in [2.75, 3.05) is 16.4 Å². The van der Waals surface area contributed by atoms with Crippen molar-refractivity contribution in [2.24, 2.45) is 0 Å². The van der Waals surface area contributed by atoms with Gasteiger partial charge in [0, 0.05) is 10.7 Å². The number of rotatable bonds is 6. The largest absolute Gasteiger partial charge is 0.325 e. The number of carbonyl (C=O) groups is 2. The Morgan fingerprint density at radius 3 is 2.56 bits per heavy atom. The standard InChI is InChI=1S/C17H12Cl2N4O2S2/c18-10-6-7-12(13(19)8-10)15(25)21-16-22-23-17(27-16)26-9-14(24)20-11-4-2-1-3-5-11/h1-8H,9H2,(H,20,24)(H,21,22,25). The van der Waals surface area contributed by atoms with Gasteiger partial charge in [-0.05, 0) is 30.3 Å². The van der Waals surface area contributed by atoms with E-state index in [1.54, 1.807) is 6.07 Å². The van der Waals surface area contributed by atoms with Crippen LogP contribution in [-0.4, -0.2) is 27.8 Å². The van der Waals surface area contributed by atoms with Gasteiger partial charge in [-0.25, -0.2) is 0 Å². The van der Waals surface area contributed by atoms with E-state index in [2.05, 4.69) is 20.8 Å². The van der Waals surface area contributed by atoms with Crippen molar-refractivity contribution in [3.63, 3.8) is 0 Å². The molecule has 0 saturated heterocycles. The molecule has 1 aromatic heterocycles. The van der Waals surface area contributed by atoms with Gasteiger partial charge in [0.05, 0.1) is 16.3 Å². The molecular weight excluding hydrogens is 427 g/mol. The lowest BCUT2D eigenvalue weighted by atomic mass is 10.2. The summed E-state index contributed by atoms with van der Waals surface area (Å²) in [5.41, 5.74) is 1.01. The SMILES string of the molecule is O=C(CSc1nnc(NC(=O)c2ccc(Cl)cc2Cl)s1)Nc1ccccc1. The normalized spacial score (nSPS) is 10.4. The minimum Gasteiger partial charge on any atom is -0.325 e. The van der Waals surface area contributed by atoms with Crippen LogP contribution in [0.2, 0.25) is 10.0 Å². The molecule has 0 aliphatic heterocycles. The van der Waals surface area contributed by atoms with Crippen LogP contribution in [-0.2, 0) is 4.79 Å². The van der Waals surface area contributed by atoms with Gasteiger partial charge in [0.15, 0.2) is 4.34 Å². The molecule has 10 heteroatoms. The van der Waals surface area contributed by atoms with Gasteiger partial charge in [-0.1, -0.05) is 64.5 Å². The molecule has 138 valence electrons. The number of nitrogens with zero attached hydrogens (tertiary/aromatic N) is 2. The molecule has 2 aromatic carbocycles. The summed E-state index contributed by atoms with van der Waals surface area (Å²) < 4.78 is 0.565. The highest BCUT2D eigenvalue weighted by Gasteiger charge is 2.14. The summed E-state index contributed by atoms with van der Waals surface area (Å²) in [6, 6.07) is 13.8. The van der Waals surface area contributed by atoms with Crippen LogP contribution in [0.5, 0.6) is 0 Å². The number of nitrogens with one attached hydrogen (secondary N) is 2. The molecule has 0 bridgehead atoms. The first-order valence-corrected chi connectivity index (χ1v) is 10.1. The maximum atomic E-state index is 12.3. The minimum absolute atomic E-state index is 0.153. The Hall–Kier alpha value is -2.13. The molecule has 0 unspecified atom stereocenters. The Labute approximate surface area is 173 Å². The molecular formula is C17H12Cl2N4O2S2. The average molecular weight is 439 g/mol. The number of carbonyl (C=O) groups excluding carboxylic acids is 2. The fourth-order valence-corrected chi connectivity index (χ4v) is 4.04. The first-order valence-electron chi connectivity index (χ1n) is 7.59. The number of aromatic nitrogens is 2. The number of thioether (sulfide) groups is 1. The third kappa shape index (κ3) is 5.67. The summed E-state index contributed by atoms with van der Waals surface area (Å²) in [4.78, 5) is 24.2. The van der Waals surface area contributed by atoms with Crippen molar-refractivity contribution in [2.45, 2.75) is 4.34 Å². The summed E-state index contributed by atoms with van der Waals surface area (Å²) in [5, 5.41) is 14.3. The Morgan fingerprint density at radius 1 is 1.04 bits per heavy atom. The second-order valence-electron chi connectivity index (χ2n) is 5.15. The van der Waals surface area contributed by atoms with Crippen molar-refractivity contribution in [1.82, 2.24) is 10.2 Å². The van der Waals surface area contributed by atoms with Crippen molar-refractivity contribution >= 4 is 68.9 Å². The van der Waals surface area contributed by atoms with Gasteiger partial charge in [-0.15, -0.1) is 10.2 Å². The zero-order valence-corrected chi connectivity index (χ0v) is 16.8. The Bertz CT molecular complexity index is 967. The van der Waals surface area contributed by atoms with E-state index < -0.39 is 5.91 Å². The highest BCUT2D eigenvalue weighted by atomic mass is 35.5. The lowest BCUT2D eigenvalue weighted by Crippen LogP contribution is -2.13. The zero-order valence-electron chi connectivity index (χ0n) is 13.6. The van der Waals surface area contributed by atoms with Crippen LogP contribution in [0.3, 0.4) is 0 Å². The molecule has 0 radical (unpaired) electrons. The number of halogens is 2. The van der Waals surface area contributed by atoms with Gasteiger partial charge < -0.3 is 5.32 Å². The maximum absolute atomic E-state index is 12.3. The summed E-state index contributed by atoms with van der Waals surface area (Å²) >= 11 is 14.3. The van der Waals surface area contributed by atoms with Gasteiger partial charge in [-0.3, -0.25) is 14.9 Å². The Kier molecular flexibility index (Phi) is 6.68. The number of para-hydroxylation sites is 1. The highest BCUT2D eigenvalue weighted by molar-refractivity contribution is 8.01. The van der Waals surface area contributed by atoms with Crippen LogP contribution in [0.1, 0.15) is 10.4 Å². The second kappa shape index (κ2) is 9.18. The van der Waals surface area contributed by atoms with E-state index in [0.717, 1.165) is 5.69 Å². The first-order chi connectivity index (χ1) is 13.0. The topological polar surface area (TPSA) is 84.0 Å². The molecule has 2 N–H and O–H groups in total. The van der Waals surface area contributed by atoms with Crippen LogP contribution in [0.4, 0.5) is 10.8 Å². The van der Waals surface area contributed by atoms with Crippen LogP contribution in [0, 0.1) is 0 Å². The average Bonchev–Trinajstić information content (AvgIpc) is 3.08. The van der Waals surface area contributed by atoms with Crippen molar-refractivity contribution < 1.29 is 9.59 Å². The van der Waals surface area contributed by atoms with E-state index >= 15 is 0 Å². The van der Waals surface area contributed by atoms with Gasteiger partial charge in [-0.2, -0.15) is 0 Å². The molecule has 0 aliphatic carbocycles. The van der Waals surface area contributed by atoms with E-state index in [9.17, 15) is 9.59 Å². The summed E-state index contributed by atoms with van der Waals surface area (Å²) in [6.45, 7) is 0. The highest BCUT2D eigenvalue weighted by Crippen LogP contribution is 2.27. The lowest BCUT2D eigenvalue weighted by Gasteiger charge is -2.04. The molecule has 6 nitrogen and oxygen atoms in total. The number of benzene rings is 2. The molecule has 2 amide bonds. The number of anilines is 2.